The molecule has 8 nitrogen and oxygen atoms in total. The molecule has 2 aromatic carbocycles. The third kappa shape index (κ3) is 3.82. The zero-order chi connectivity index (χ0) is 27.5. The van der Waals surface area contributed by atoms with Crippen LogP contribution in [0.2, 0.25) is 0 Å². The molecule has 3 saturated heterocycles. The van der Waals surface area contributed by atoms with Gasteiger partial charge in [-0.15, -0.1) is 0 Å². The lowest BCUT2D eigenvalue weighted by molar-refractivity contribution is -0.201. The molecular weight excluding hydrogens is 506 g/mol. The Labute approximate surface area is 224 Å². The lowest BCUT2D eigenvalue weighted by atomic mass is 9.70. The van der Waals surface area contributed by atoms with E-state index in [-0.39, 0.29) is 25.2 Å². The van der Waals surface area contributed by atoms with Crippen LogP contribution >= 0.6 is 0 Å². The number of hydrogen-bond acceptors (Lipinski definition) is 5. The average Bonchev–Trinajstić information content (AvgIpc) is 3.46. The number of carbonyl (C=O) groups excluding carboxylic acids is 3. The van der Waals surface area contributed by atoms with E-state index in [0.717, 1.165) is 4.90 Å². The molecule has 2 aromatic rings. The van der Waals surface area contributed by atoms with E-state index in [1.165, 1.54) is 0 Å². The summed E-state index contributed by atoms with van der Waals surface area (Å²) in [4.78, 5) is 41.2. The fraction of sp³-hybridized carbons (Fsp3) is 0.448. The van der Waals surface area contributed by atoms with Crippen molar-refractivity contribution in [2.24, 2.45) is 11.8 Å². The minimum absolute atomic E-state index is 0.0351. The first-order valence-corrected chi connectivity index (χ1v) is 13.3. The molecule has 3 heterocycles. The van der Waals surface area contributed by atoms with E-state index in [9.17, 15) is 24.8 Å². The van der Waals surface area contributed by atoms with E-state index in [4.69, 9.17) is 0 Å². The molecule has 0 radical (unpaired) electrons. The van der Waals surface area contributed by atoms with Crippen molar-refractivity contribution in [3.05, 3.63) is 59.7 Å². The van der Waals surface area contributed by atoms with Gasteiger partial charge in [-0.2, -0.15) is 5.26 Å². The summed E-state index contributed by atoms with van der Waals surface area (Å²) in [6.07, 6.45) is 0.266. The summed E-state index contributed by atoms with van der Waals surface area (Å²) in [5.74, 6) is -7.03. The van der Waals surface area contributed by atoms with Crippen LogP contribution in [0.4, 0.5) is 8.78 Å². The van der Waals surface area contributed by atoms with Gasteiger partial charge in [0.25, 0.3) is 11.8 Å². The zero-order valence-electron chi connectivity index (χ0n) is 21.1. The number of amides is 3. The second kappa shape index (κ2) is 9.12. The number of nitrogens with one attached hydrogen (secondary N) is 2. The fourth-order valence-electron chi connectivity index (χ4n) is 6.98. The highest BCUT2D eigenvalue weighted by Gasteiger charge is 2.63. The van der Waals surface area contributed by atoms with E-state index in [0.29, 0.717) is 35.2 Å². The Morgan fingerprint density at radius 2 is 1.74 bits per heavy atom. The number of rotatable bonds is 5. The number of carbonyl (C=O) groups is 3. The number of nitriles is 1. The van der Waals surface area contributed by atoms with Gasteiger partial charge in [-0.05, 0) is 36.8 Å². The molecule has 3 aliphatic heterocycles. The minimum atomic E-state index is -3.19. The summed E-state index contributed by atoms with van der Waals surface area (Å²) in [7, 11) is 0. The Bertz CT molecular complexity index is 1360. The maximum Gasteiger partial charge on any atom is 0.264 e. The molecule has 10 heteroatoms. The van der Waals surface area contributed by atoms with Crippen LogP contribution < -0.4 is 10.6 Å². The molecule has 5 aliphatic rings. The lowest BCUT2D eigenvalue weighted by Gasteiger charge is -2.54. The van der Waals surface area contributed by atoms with E-state index >= 15 is 8.78 Å². The largest absolute Gasteiger partial charge is 0.372 e. The van der Waals surface area contributed by atoms with E-state index in [1.807, 2.05) is 6.07 Å². The normalized spacial score (nSPS) is 28.2. The summed E-state index contributed by atoms with van der Waals surface area (Å²) < 4.78 is 30.4. The highest BCUT2D eigenvalue weighted by atomic mass is 19.3. The molecule has 3 amide bonds. The Morgan fingerprint density at radius 3 is 2.31 bits per heavy atom. The van der Waals surface area contributed by atoms with Gasteiger partial charge in [0.1, 0.15) is 12.1 Å². The molecule has 0 unspecified atom stereocenters. The van der Waals surface area contributed by atoms with Gasteiger partial charge >= 0.3 is 0 Å². The van der Waals surface area contributed by atoms with Crippen molar-refractivity contribution in [2.75, 3.05) is 6.54 Å². The van der Waals surface area contributed by atoms with Gasteiger partial charge in [0.05, 0.1) is 12.0 Å². The van der Waals surface area contributed by atoms with Crippen LogP contribution in [-0.2, 0) is 20.0 Å². The lowest BCUT2D eigenvalue weighted by Crippen LogP contribution is -2.70. The third-order valence-corrected chi connectivity index (χ3v) is 8.83. The minimum Gasteiger partial charge on any atom is -0.372 e. The molecule has 7 rings (SSSR count). The van der Waals surface area contributed by atoms with Crippen LogP contribution in [0.5, 0.6) is 0 Å². The van der Waals surface area contributed by atoms with E-state index in [2.05, 4.69) is 10.6 Å². The summed E-state index contributed by atoms with van der Waals surface area (Å²) in [6.45, 7) is 0.470. The van der Waals surface area contributed by atoms with Crippen molar-refractivity contribution >= 4 is 17.7 Å². The maximum atomic E-state index is 15.2. The molecular formula is C29H28F2N4O4. The van der Waals surface area contributed by atoms with Crippen molar-refractivity contribution < 1.29 is 28.3 Å². The molecule has 4 fully saturated rings. The quantitative estimate of drug-likeness (QED) is 0.544. The van der Waals surface area contributed by atoms with Crippen LogP contribution in [0, 0.1) is 23.2 Å². The van der Waals surface area contributed by atoms with Crippen molar-refractivity contribution in [3.63, 3.8) is 0 Å². The van der Waals surface area contributed by atoms with Gasteiger partial charge < -0.3 is 20.6 Å². The predicted molar refractivity (Wildman–Crippen MR) is 135 cm³/mol. The SMILES string of the molecule is N#C[C@@H](C[C@H]1CCNC1=O)NC(=O)[C@@H]1[C@H]2CC[C@H](CC2(F)F)N1C(=O)C1(O)c2ccccc2-c2ccccc21. The topological polar surface area (TPSA) is 123 Å². The first-order valence-electron chi connectivity index (χ1n) is 13.3. The van der Waals surface area contributed by atoms with Crippen LogP contribution in [0.25, 0.3) is 11.1 Å². The number of piperidine rings is 2. The molecule has 2 aliphatic carbocycles. The summed E-state index contributed by atoms with van der Waals surface area (Å²) >= 11 is 0. The van der Waals surface area contributed by atoms with E-state index in [1.54, 1.807) is 48.5 Å². The first-order chi connectivity index (χ1) is 18.7. The number of benzene rings is 2. The summed E-state index contributed by atoms with van der Waals surface area (Å²) in [5, 5.41) is 27.0. The number of nitrogens with zero attached hydrogens (tertiary/aromatic N) is 2. The number of aliphatic hydroxyl groups is 1. The first kappa shape index (κ1) is 25.4. The highest BCUT2D eigenvalue weighted by Crippen LogP contribution is 2.53. The zero-order valence-corrected chi connectivity index (χ0v) is 21.1. The van der Waals surface area contributed by atoms with Gasteiger partial charge in [-0.25, -0.2) is 8.78 Å². The monoisotopic (exact) mass is 534 g/mol. The molecule has 3 N–H and O–H groups in total. The molecule has 0 spiro atoms. The van der Waals surface area contributed by atoms with Crippen molar-refractivity contribution in [3.8, 4) is 17.2 Å². The Hall–Kier alpha value is -3.84. The van der Waals surface area contributed by atoms with Crippen LogP contribution in [0.1, 0.15) is 43.2 Å². The van der Waals surface area contributed by atoms with Crippen LogP contribution in [0.3, 0.4) is 0 Å². The second-order valence-electron chi connectivity index (χ2n) is 11.0. The Balaban J connectivity index is 1.36. The van der Waals surface area contributed by atoms with Crippen molar-refractivity contribution in [1.29, 1.82) is 5.26 Å². The highest BCUT2D eigenvalue weighted by molar-refractivity contribution is 6.01. The standard InChI is InChI=1S/C29H28F2N4O4/c30-28(31)14-18-9-10-23(28)24(26(37)34-17(15-32)13-16-11-12-33-25(16)36)35(18)27(38)29(39)21-7-3-1-5-19(21)20-6-2-4-8-22(20)29/h1-8,16-18,23-24,39H,9-14H2,(H,33,36)(H,34,37)/t16-,17-,18-,23-,24+/m1/s1. The summed E-state index contributed by atoms with van der Waals surface area (Å²) in [6, 6.07) is 12.2. The molecule has 2 bridgehead atoms. The summed E-state index contributed by atoms with van der Waals surface area (Å²) in [5.41, 5.74) is -0.153. The third-order valence-electron chi connectivity index (χ3n) is 8.83. The van der Waals surface area contributed by atoms with E-state index < -0.39 is 59.7 Å². The Morgan fingerprint density at radius 1 is 1.10 bits per heavy atom. The molecule has 202 valence electrons. The Kier molecular flexibility index (Phi) is 5.95. The van der Waals surface area contributed by atoms with Gasteiger partial charge in [0, 0.05) is 36.1 Å². The van der Waals surface area contributed by atoms with Gasteiger partial charge in [-0.3, -0.25) is 14.4 Å². The molecule has 39 heavy (non-hydrogen) atoms. The van der Waals surface area contributed by atoms with Crippen LogP contribution in [0.15, 0.2) is 48.5 Å². The smallest absolute Gasteiger partial charge is 0.264 e. The fourth-order valence-corrected chi connectivity index (χ4v) is 6.98. The van der Waals surface area contributed by atoms with Gasteiger partial charge in [-0.1, -0.05) is 48.5 Å². The van der Waals surface area contributed by atoms with Crippen LogP contribution in [-0.4, -0.2) is 58.3 Å². The molecule has 0 aromatic heterocycles. The number of alkyl halides is 2. The molecule has 5 atom stereocenters. The second-order valence-corrected chi connectivity index (χ2v) is 11.0. The number of halogens is 2. The predicted octanol–water partition coefficient (Wildman–Crippen LogP) is 2.45. The van der Waals surface area contributed by atoms with Crippen molar-refractivity contribution in [1.82, 2.24) is 15.5 Å². The number of fused-ring (bicyclic) bond motifs is 6. The van der Waals surface area contributed by atoms with Gasteiger partial charge in [0.2, 0.25) is 11.8 Å². The number of hydrogen-bond donors (Lipinski definition) is 3. The average molecular weight is 535 g/mol. The van der Waals surface area contributed by atoms with Crippen molar-refractivity contribution in [2.45, 2.75) is 61.8 Å². The van der Waals surface area contributed by atoms with Gasteiger partial charge in [0.15, 0.2) is 5.60 Å². The molecule has 1 saturated carbocycles. The maximum absolute atomic E-state index is 15.2.